The van der Waals surface area contributed by atoms with Gasteiger partial charge in [0.2, 0.25) is 0 Å². The van der Waals surface area contributed by atoms with Gasteiger partial charge in [-0.3, -0.25) is 9.59 Å². The maximum Gasteiger partial charge on any atom is 0.306 e. The molecule has 6 fully saturated rings. The molecule has 6 rings (SSSR count). The number of aliphatic hydroxyl groups is 11. The third-order valence-electron chi connectivity index (χ3n) is 17.0. The Balaban J connectivity index is 1.21. The van der Waals surface area contributed by atoms with E-state index in [0.717, 1.165) is 83.5 Å². The van der Waals surface area contributed by atoms with Gasteiger partial charge >= 0.3 is 11.9 Å². The molecule has 484 valence electrons. The third kappa shape index (κ3) is 19.5. The Morgan fingerprint density at radius 1 is 0.458 bits per heavy atom. The van der Waals surface area contributed by atoms with Crippen LogP contribution in [0.25, 0.3) is 0 Å². The number of esters is 2. The van der Waals surface area contributed by atoms with Gasteiger partial charge < -0.3 is 113 Å². The first-order valence-corrected chi connectivity index (χ1v) is 31.1. The number of fused-ring (bicyclic) bond motifs is 2. The maximum absolute atomic E-state index is 13.7. The first-order valence-electron chi connectivity index (χ1n) is 31.1. The average Bonchev–Trinajstić information content (AvgIpc) is 2.84. The number of ether oxygens (including phenoxy) is 12. The van der Waals surface area contributed by atoms with E-state index in [-0.39, 0.29) is 18.9 Å². The number of unbranched alkanes of at least 4 members (excludes halogenated alkanes) is 10. The Bertz CT molecular complexity index is 1840. The first-order chi connectivity index (χ1) is 39.8. The highest BCUT2D eigenvalue weighted by atomic mass is 16.8. The molecule has 0 unspecified atom stereocenters. The quantitative estimate of drug-likeness (QED) is 0.0512. The van der Waals surface area contributed by atoms with Crippen LogP contribution in [0, 0.1) is 0 Å². The molecule has 0 aromatic carbocycles. The molecule has 0 saturated carbocycles. The first kappa shape index (κ1) is 70.2. The van der Waals surface area contributed by atoms with E-state index < -0.39 is 179 Å². The summed E-state index contributed by atoms with van der Waals surface area (Å²) in [7, 11) is 0. The van der Waals surface area contributed by atoms with Gasteiger partial charge in [0, 0.05) is 12.8 Å². The zero-order valence-electron chi connectivity index (χ0n) is 49.3. The van der Waals surface area contributed by atoms with Crippen molar-refractivity contribution in [2.75, 3.05) is 13.2 Å². The number of carbonyl (C=O) groups is 2. The van der Waals surface area contributed by atoms with E-state index in [2.05, 4.69) is 13.8 Å². The van der Waals surface area contributed by atoms with Gasteiger partial charge in [-0.2, -0.15) is 0 Å². The lowest BCUT2D eigenvalue weighted by atomic mass is 9.95. The summed E-state index contributed by atoms with van der Waals surface area (Å²) in [6.45, 7) is 7.20. The van der Waals surface area contributed by atoms with Gasteiger partial charge in [0.05, 0.1) is 37.6 Å². The van der Waals surface area contributed by atoms with Crippen molar-refractivity contribution in [2.24, 2.45) is 0 Å². The highest BCUT2D eigenvalue weighted by Crippen LogP contribution is 2.38. The van der Waals surface area contributed by atoms with E-state index in [4.69, 9.17) is 56.8 Å². The largest absolute Gasteiger partial charge is 0.457 e. The normalized spacial score (nSPS) is 42.8. The van der Waals surface area contributed by atoms with Crippen molar-refractivity contribution in [1.82, 2.24) is 0 Å². The molecule has 11 N–H and O–H groups in total. The van der Waals surface area contributed by atoms with Gasteiger partial charge in [0.15, 0.2) is 43.7 Å². The van der Waals surface area contributed by atoms with Gasteiger partial charge in [-0.15, -0.1) is 0 Å². The highest BCUT2D eigenvalue weighted by molar-refractivity contribution is 5.70. The molecule has 83 heavy (non-hydrogen) atoms. The smallest absolute Gasteiger partial charge is 0.306 e. The van der Waals surface area contributed by atoms with Crippen molar-refractivity contribution in [3.8, 4) is 0 Å². The Labute approximate surface area is 488 Å². The summed E-state index contributed by atoms with van der Waals surface area (Å²) in [5.41, 5.74) is 0. The molecule has 0 bridgehead atoms. The van der Waals surface area contributed by atoms with Crippen LogP contribution < -0.4 is 0 Å². The van der Waals surface area contributed by atoms with Crippen LogP contribution in [0.3, 0.4) is 0 Å². The van der Waals surface area contributed by atoms with E-state index in [9.17, 15) is 65.8 Å². The van der Waals surface area contributed by atoms with E-state index in [0.29, 0.717) is 25.7 Å². The van der Waals surface area contributed by atoms with Gasteiger partial charge in [0.1, 0.15) is 91.6 Å². The molecule has 0 aromatic heterocycles. The summed E-state index contributed by atoms with van der Waals surface area (Å²) in [5, 5.41) is 123. The van der Waals surface area contributed by atoms with Crippen LogP contribution in [0.2, 0.25) is 0 Å². The molecule has 25 heteroatoms. The second-order valence-corrected chi connectivity index (χ2v) is 23.7. The third-order valence-corrected chi connectivity index (χ3v) is 17.0. The number of hydrogen-bond acceptors (Lipinski definition) is 25. The topological polar surface area (TPSA) is 367 Å². The maximum atomic E-state index is 13.7. The summed E-state index contributed by atoms with van der Waals surface area (Å²) in [6, 6.07) is 0. The van der Waals surface area contributed by atoms with E-state index in [1.807, 2.05) is 0 Å². The predicted octanol–water partition coefficient (Wildman–Crippen LogP) is 1.68. The number of aliphatic hydroxyl groups excluding tert-OH is 11. The number of hydrogen-bond donors (Lipinski definition) is 11. The van der Waals surface area contributed by atoms with Crippen LogP contribution in [0.15, 0.2) is 0 Å². The van der Waals surface area contributed by atoms with Crippen molar-refractivity contribution >= 4 is 11.9 Å². The van der Waals surface area contributed by atoms with Gasteiger partial charge in [-0.25, -0.2) is 0 Å². The summed E-state index contributed by atoms with van der Waals surface area (Å²) in [4.78, 5) is 26.7. The lowest BCUT2D eigenvalue weighted by Crippen LogP contribution is -2.68. The molecule has 6 heterocycles. The Hall–Kier alpha value is -1.90. The van der Waals surface area contributed by atoms with Crippen LogP contribution in [0.1, 0.15) is 182 Å². The van der Waals surface area contributed by atoms with Crippen LogP contribution >= 0.6 is 0 Å². The average molecular weight is 1200 g/mol. The fraction of sp³-hybridized carbons (Fsp3) is 0.966. The molecule has 0 radical (unpaired) electrons. The zero-order valence-corrected chi connectivity index (χ0v) is 49.3. The predicted molar refractivity (Wildman–Crippen MR) is 290 cm³/mol. The Morgan fingerprint density at radius 3 is 1.63 bits per heavy atom. The van der Waals surface area contributed by atoms with Gasteiger partial charge in [-0.1, -0.05) is 123 Å². The van der Waals surface area contributed by atoms with E-state index >= 15 is 0 Å². The standard InChI is InChI=1S/C58H102O25/c1-6-8-10-11-12-13-16-19-23-27-37(61)78-48-31(3)72-54(45(69)43(48)67)81-50-33(5)73-56(47(71)51(50)82-55-44(68)41(65)39(63)35(29-59)76-55)80-49-32(4)74-57-53(46(49)70)79-38(62)28-24-20-17-14-15-18-22-26-34(25-21-9-7-2)75-58-52(83-57)42(66)40(64)36(30-60)77-58/h31-36,39-60,63-71H,6-30H2,1-5H3/t31-,32-,33-,34-,35+,36+,39+,40+,41-,42-,43-,44+,45+,46+,47+,48-,49-,50-,51-,52+,53+,54-,55-,56-,57-,58+/m0/s1. The van der Waals surface area contributed by atoms with E-state index in [1.165, 1.54) is 46.5 Å². The number of rotatable bonds is 23. The van der Waals surface area contributed by atoms with Crippen LogP contribution in [0.4, 0.5) is 0 Å². The minimum atomic E-state index is -2.01. The zero-order chi connectivity index (χ0) is 60.3. The summed E-state index contributed by atoms with van der Waals surface area (Å²) >= 11 is 0. The van der Waals surface area contributed by atoms with Crippen molar-refractivity contribution < 1.29 is 123 Å². The second-order valence-electron chi connectivity index (χ2n) is 23.7. The molecule has 0 spiro atoms. The van der Waals surface area contributed by atoms with Crippen LogP contribution in [-0.4, -0.2) is 241 Å². The SMILES string of the molecule is CCCCCCCCCCCC(=O)O[C@@H]1[C@@H](O)[C@@H](O)[C@H](O[C@@H]2[C@@H](O[C@@H]3O[C@H](CO)[C@@H](O)[C@H](O)[C@H]3O)[C@@H](O)[C@H](O[C@@H]3[C@@H](O)[C@H]4OC(=O)CCCCCCCCC[C@H](CCCCC)O[C@@H]5O[C@H](CO)[C@@H](O)[C@H](O)[C@H]5O[C@@H]4O[C@H]3C)O[C@H]2C)O[C@H]1C. The van der Waals surface area contributed by atoms with Crippen LogP contribution in [-0.2, 0) is 66.4 Å². The molecule has 0 aromatic rings. The molecule has 26 atom stereocenters. The van der Waals surface area contributed by atoms with Gasteiger partial charge in [0.25, 0.3) is 0 Å². The Kier molecular flexibility index (Phi) is 29.9. The number of carbonyl (C=O) groups excluding carboxylic acids is 2. The fourth-order valence-electron chi connectivity index (χ4n) is 11.9. The summed E-state index contributed by atoms with van der Waals surface area (Å²) in [6.07, 6.45) is -21.7. The van der Waals surface area contributed by atoms with Crippen LogP contribution in [0.5, 0.6) is 0 Å². The molecule has 0 amide bonds. The summed E-state index contributed by atoms with van der Waals surface area (Å²) < 4.78 is 73.6. The molecular formula is C58H102O25. The summed E-state index contributed by atoms with van der Waals surface area (Å²) in [5.74, 6) is -1.32. The molecule has 25 nitrogen and oxygen atoms in total. The molecule has 6 saturated heterocycles. The second kappa shape index (κ2) is 35.3. The van der Waals surface area contributed by atoms with Crippen molar-refractivity contribution in [1.29, 1.82) is 0 Å². The van der Waals surface area contributed by atoms with Gasteiger partial charge in [-0.05, 0) is 46.5 Å². The van der Waals surface area contributed by atoms with Crippen molar-refractivity contribution in [3.63, 3.8) is 0 Å². The van der Waals surface area contributed by atoms with Crippen molar-refractivity contribution in [3.05, 3.63) is 0 Å². The molecular weight excluding hydrogens is 1100 g/mol. The minimum Gasteiger partial charge on any atom is -0.457 e. The molecule has 6 aliphatic rings. The lowest BCUT2D eigenvalue weighted by Gasteiger charge is -2.50. The Morgan fingerprint density at radius 2 is 0.964 bits per heavy atom. The van der Waals surface area contributed by atoms with E-state index in [1.54, 1.807) is 0 Å². The lowest BCUT2D eigenvalue weighted by molar-refractivity contribution is -0.400. The van der Waals surface area contributed by atoms with Crippen molar-refractivity contribution in [2.45, 2.75) is 342 Å². The highest BCUT2D eigenvalue weighted by Gasteiger charge is 2.57. The minimum absolute atomic E-state index is 0.0466. The fourth-order valence-corrected chi connectivity index (χ4v) is 11.9. The molecule has 0 aliphatic carbocycles. The monoisotopic (exact) mass is 1200 g/mol. The molecule has 6 aliphatic heterocycles.